The molecular weight excluding hydrogens is 356 g/mol. The van der Waals surface area contributed by atoms with E-state index in [2.05, 4.69) is 12.1 Å². The molecule has 1 saturated heterocycles. The number of nitrogens with zero attached hydrogens (tertiary/aromatic N) is 2. The van der Waals surface area contributed by atoms with Crippen LogP contribution in [0.3, 0.4) is 0 Å². The number of hydrogen-bond acceptors (Lipinski definition) is 4. The average molecular weight is 378 g/mol. The lowest BCUT2D eigenvalue weighted by atomic mass is 9.99. The maximum atomic E-state index is 13.2. The van der Waals surface area contributed by atoms with Crippen LogP contribution in [0.1, 0.15) is 29.5 Å². The van der Waals surface area contributed by atoms with Gasteiger partial charge in [0.25, 0.3) is 0 Å². The Kier molecular flexibility index (Phi) is 4.19. The first-order valence-electron chi connectivity index (χ1n) is 9.72. The molecule has 6 nitrogen and oxygen atoms in total. The monoisotopic (exact) mass is 378 g/mol. The van der Waals surface area contributed by atoms with Gasteiger partial charge in [0.05, 0.1) is 0 Å². The van der Waals surface area contributed by atoms with Gasteiger partial charge in [-0.1, -0.05) is 30.3 Å². The minimum absolute atomic E-state index is 0.0356. The van der Waals surface area contributed by atoms with Crippen LogP contribution in [0.4, 0.5) is 0 Å². The number of amides is 2. The first-order chi connectivity index (χ1) is 13.7. The van der Waals surface area contributed by atoms with Gasteiger partial charge in [0.1, 0.15) is 6.04 Å². The molecule has 0 radical (unpaired) electrons. The first kappa shape index (κ1) is 17.1. The van der Waals surface area contributed by atoms with Crippen molar-refractivity contribution in [3.8, 4) is 11.5 Å². The molecule has 1 unspecified atom stereocenters. The van der Waals surface area contributed by atoms with Gasteiger partial charge in [0.2, 0.25) is 18.6 Å². The summed E-state index contributed by atoms with van der Waals surface area (Å²) in [5, 5.41) is 0. The van der Waals surface area contributed by atoms with Gasteiger partial charge in [-0.15, -0.1) is 0 Å². The lowest BCUT2D eigenvalue weighted by molar-refractivity contribution is -0.142. The number of carbonyl (C=O) groups is 2. The maximum absolute atomic E-state index is 13.2. The van der Waals surface area contributed by atoms with Crippen molar-refractivity contribution in [2.75, 3.05) is 13.3 Å². The van der Waals surface area contributed by atoms with Crippen molar-refractivity contribution in [1.29, 1.82) is 0 Å². The molecule has 0 aromatic heterocycles. The SMILES string of the molecule is O=C(C1CCC(=O)N1Cc1ccc2c(c1)OCO2)N1CCc2ccccc2C1. The molecule has 144 valence electrons. The second kappa shape index (κ2) is 6.86. The Morgan fingerprint density at radius 2 is 1.86 bits per heavy atom. The lowest BCUT2D eigenvalue weighted by Gasteiger charge is -2.33. The largest absolute Gasteiger partial charge is 0.454 e. The molecule has 3 heterocycles. The number of fused-ring (bicyclic) bond motifs is 2. The number of carbonyl (C=O) groups excluding carboxylic acids is 2. The van der Waals surface area contributed by atoms with Crippen LogP contribution in [0, 0.1) is 0 Å². The predicted octanol–water partition coefficient (Wildman–Crippen LogP) is 2.49. The Balaban J connectivity index is 1.33. The smallest absolute Gasteiger partial charge is 0.245 e. The molecule has 2 aromatic rings. The Hall–Kier alpha value is -3.02. The molecule has 1 atom stereocenters. The molecule has 28 heavy (non-hydrogen) atoms. The van der Waals surface area contributed by atoms with Crippen LogP contribution in [0.15, 0.2) is 42.5 Å². The molecule has 2 amide bonds. The van der Waals surface area contributed by atoms with Crippen molar-refractivity contribution >= 4 is 11.8 Å². The Morgan fingerprint density at radius 1 is 1.04 bits per heavy atom. The van der Waals surface area contributed by atoms with E-state index in [-0.39, 0.29) is 24.6 Å². The summed E-state index contributed by atoms with van der Waals surface area (Å²) >= 11 is 0. The second-order valence-electron chi connectivity index (χ2n) is 7.54. The van der Waals surface area contributed by atoms with Crippen LogP contribution in [-0.4, -0.2) is 41.0 Å². The molecule has 5 rings (SSSR count). The molecule has 0 N–H and O–H groups in total. The van der Waals surface area contributed by atoms with Gasteiger partial charge in [-0.05, 0) is 41.7 Å². The van der Waals surface area contributed by atoms with Gasteiger partial charge in [0, 0.05) is 26.1 Å². The molecule has 0 saturated carbocycles. The normalized spacial score (nSPS) is 20.4. The van der Waals surface area contributed by atoms with Crippen molar-refractivity contribution in [3.63, 3.8) is 0 Å². The fourth-order valence-corrected chi connectivity index (χ4v) is 4.32. The summed E-state index contributed by atoms with van der Waals surface area (Å²) in [6, 6.07) is 13.6. The number of rotatable bonds is 3. The third-order valence-corrected chi connectivity index (χ3v) is 5.85. The fraction of sp³-hybridized carbons (Fsp3) is 0.364. The van der Waals surface area contributed by atoms with Crippen molar-refractivity contribution in [1.82, 2.24) is 9.80 Å². The van der Waals surface area contributed by atoms with Gasteiger partial charge >= 0.3 is 0 Å². The minimum Gasteiger partial charge on any atom is -0.454 e. The van der Waals surface area contributed by atoms with Gasteiger partial charge in [0.15, 0.2) is 11.5 Å². The zero-order chi connectivity index (χ0) is 19.1. The van der Waals surface area contributed by atoms with Gasteiger partial charge < -0.3 is 19.3 Å². The van der Waals surface area contributed by atoms with E-state index in [1.807, 2.05) is 35.2 Å². The van der Waals surface area contributed by atoms with Crippen LogP contribution in [-0.2, 0) is 29.1 Å². The van der Waals surface area contributed by atoms with E-state index in [9.17, 15) is 9.59 Å². The van der Waals surface area contributed by atoms with E-state index in [1.54, 1.807) is 4.90 Å². The van der Waals surface area contributed by atoms with Crippen LogP contribution >= 0.6 is 0 Å². The van der Waals surface area contributed by atoms with Gasteiger partial charge in [-0.3, -0.25) is 9.59 Å². The quantitative estimate of drug-likeness (QED) is 0.823. The number of ether oxygens (including phenoxy) is 2. The van der Waals surface area contributed by atoms with E-state index in [0.717, 1.165) is 17.7 Å². The van der Waals surface area contributed by atoms with Crippen molar-refractivity contribution in [3.05, 3.63) is 59.2 Å². The summed E-state index contributed by atoms with van der Waals surface area (Å²) in [4.78, 5) is 29.4. The second-order valence-corrected chi connectivity index (χ2v) is 7.54. The van der Waals surface area contributed by atoms with Gasteiger partial charge in [-0.25, -0.2) is 0 Å². The zero-order valence-electron chi connectivity index (χ0n) is 15.6. The van der Waals surface area contributed by atoms with E-state index >= 15 is 0 Å². The number of likely N-dealkylation sites (tertiary alicyclic amines) is 1. The standard InChI is InChI=1S/C22H22N2O4/c25-21-8-6-18(22(26)23-10-9-16-3-1-2-4-17(16)13-23)24(21)12-15-5-7-19-20(11-15)28-14-27-19/h1-5,7,11,18H,6,8-10,12-14H2. The molecule has 2 aromatic carbocycles. The summed E-state index contributed by atoms with van der Waals surface area (Å²) in [6.07, 6.45) is 1.87. The van der Waals surface area contributed by atoms with Crippen LogP contribution < -0.4 is 9.47 Å². The highest BCUT2D eigenvalue weighted by Crippen LogP contribution is 2.34. The minimum atomic E-state index is -0.386. The van der Waals surface area contributed by atoms with Crippen molar-refractivity contribution in [2.45, 2.75) is 38.4 Å². The first-order valence-corrected chi connectivity index (χ1v) is 9.72. The lowest BCUT2D eigenvalue weighted by Crippen LogP contribution is -2.48. The molecular formula is C22H22N2O4. The fourth-order valence-electron chi connectivity index (χ4n) is 4.32. The third kappa shape index (κ3) is 2.99. The van der Waals surface area contributed by atoms with E-state index < -0.39 is 0 Å². The molecule has 3 aliphatic heterocycles. The van der Waals surface area contributed by atoms with Crippen LogP contribution in [0.25, 0.3) is 0 Å². The topological polar surface area (TPSA) is 59.1 Å². The molecule has 3 aliphatic rings. The Labute approximate surface area is 163 Å². The van der Waals surface area contributed by atoms with Crippen LogP contribution in [0.2, 0.25) is 0 Å². The van der Waals surface area contributed by atoms with E-state index in [0.29, 0.717) is 38.2 Å². The maximum Gasteiger partial charge on any atom is 0.245 e. The molecule has 0 aliphatic carbocycles. The predicted molar refractivity (Wildman–Crippen MR) is 102 cm³/mol. The number of hydrogen-bond donors (Lipinski definition) is 0. The van der Waals surface area contributed by atoms with Crippen LogP contribution in [0.5, 0.6) is 11.5 Å². The molecule has 1 fully saturated rings. The summed E-state index contributed by atoms with van der Waals surface area (Å²) < 4.78 is 10.8. The van der Waals surface area contributed by atoms with E-state index in [1.165, 1.54) is 11.1 Å². The van der Waals surface area contributed by atoms with Crippen molar-refractivity contribution in [2.24, 2.45) is 0 Å². The molecule has 0 bridgehead atoms. The third-order valence-electron chi connectivity index (χ3n) is 5.85. The van der Waals surface area contributed by atoms with E-state index in [4.69, 9.17) is 9.47 Å². The highest BCUT2D eigenvalue weighted by atomic mass is 16.7. The average Bonchev–Trinajstić information content (AvgIpc) is 3.34. The highest BCUT2D eigenvalue weighted by Gasteiger charge is 2.39. The summed E-state index contributed by atoms with van der Waals surface area (Å²) in [7, 11) is 0. The molecule has 6 heteroatoms. The molecule has 0 spiro atoms. The Bertz CT molecular complexity index is 942. The Morgan fingerprint density at radius 3 is 2.75 bits per heavy atom. The summed E-state index contributed by atoms with van der Waals surface area (Å²) in [5.41, 5.74) is 3.46. The van der Waals surface area contributed by atoms with Crippen molar-refractivity contribution < 1.29 is 19.1 Å². The summed E-state index contributed by atoms with van der Waals surface area (Å²) in [5.74, 6) is 1.50. The number of benzene rings is 2. The summed E-state index contributed by atoms with van der Waals surface area (Å²) in [6.45, 7) is 1.96. The van der Waals surface area contributed by atoms with Gasteiger partial charge in [-0.2, -0.15) is 0 Å². The highest BCUT2D eigenvalue weighted by molar-refractivity contribution is 5.91. The zero-order valence-corrected chi connectivity index (χ0v) is 15.6.